The fourth-order valence-electron chi connectivity index (χ4n) is 2.68. The Balaban J connectivity index is 2.20. The number of rotatable bonds is 4. The number of hydrogen-bond donors (Lipinski definition) is 0. The second-order valence-corrected chi connectivity index (χ2v) is 6.03. The summed E-state index contributed by atoms with van der Waals surface area (Å²) >= 11 is 1.72. The lowest BCUT2D eigenvalue weighted by atomic mass is 10.0. The van der Waals surface area contributed by atoms with Gasteiger partial charge in [0.1, 0.15) is 6.04 Å². The molecule has 0 unspecified atom stereocenters. The van der Waals surface area contributed by atoms with E-state index in [-0.39, 0.29) is 11.9 Å². The molecule has 0 spiro atoms. The van der Waals surface area contributed by atoms with Crippen molar-refractivity contribution < 1.29 is 14.3 Å². The van der Waals surface area contributed by atoms with Crippen LogP contribution in [0.15, 0.2) is 24.3 Å². The average Bonchev–Trinajstić information content (AvgIpc) is 2.54. The van der Waals surface area contributed by atoms with Crippen LogP contribution in [0, 0.1) is 0 Å². The van der Waals surface area contributed by atoms with Crippen molar-refractivity contribution in [2.24, 2.45) is 0 Å². The fraction of sp³-hybridized carbons (Fsp3) is 0.500. The third kappa shape index (κ3) is 3.79. The summed E-state index contributed by atoms with van der Waals surface area (Å²) in [6, 6.07) is 7.20. The molecule has 1 amide bonds. The van der Waals surface area contributed by atoms with Gasteiger partial charge in [-0.05, 0) is 43.2 Å². The first-order valence-corrected chi connectivity index (χ1v) is 8.53. The molecule has 0 radical (unpaired) electrons. The van der Waals surface area contributed by atoms with Crippen molar-refractivity contribution in [2.75, 3.05) is 19.9 Å². The van der Waals surface area contributed by atoms with Gasteiger partial charge in [-0.1, -0.05) is 12.1 Å². The topological polar surface area (TPSA) is 46.6 Å². The molecule has 0 N–H and O–H groups in total. The zero-order valence-electron chi connectivity index (χ0n) is 12.5. The van der Waals surface area contributed by atoms with Crippen LogP contribution in [0.4, 0.5) is 0 Å². The lowest BCUT2D eigenvalue weighted by Crippen LogP contribution is -2.48. The Kier molecular flexibility index (Phi) is 5.67. The minimum atomic E-state index is -0.444. The highest BCUT2D eigenvalue weighted by Gasteiger charge is 2.33. The summed E-state index contributed by atoms with van der Waals surface area (Å²) in [5.74, 6) is 0.484. The van der Waals surface area contributed by atoms with Crippen LogP contribution >= 0.6 is 11.8 Å². The lowest BCUT2D eigenvalue weighted by molar-refractivity contribution is -0.147. The number of methoxy groups -OCH3 is 1. The molecule has 1 fully saturated rings. The fourth-order valence-corrected chi connectivity index (χ4v) is 3.20. The summed E-state index contributed by atoms with van der Waals surface area (Å²) in [5.41, 5.74) is 1.78. The molecule has 0 bridgehead atoms. The van der Waals surface area contributed by atoms with Crippen molar-refractivity contribution in [3.63, 3.8) is 0 Å². The summed E-state index contributed by atoms with van der Waals surface area (Å²) < 4.78 is 4.83. The monoisotopic (exact) mass is 307 g/mol. The van der Waals surface area contributed by atoms with Gasteiger partial charge in [-0.25, -0.2) is 4.79 Å². The summed E-state index contributed by atoms with van der Waals surface area (Å²) in [7, 11) is 1.37. The molecule has 1 heterocycles. The Labute approximate surface area is 129 Å². The predicted octanol–water partition coefficient (Wildman–Crippen LogP) is 2.72. The SMILES string of the molecule is COC(=O)[C@H]1CCCCN1C(=O)c1cccc(CSC)c1. The van der Waals surface area contributed by atoms with E-state index in [9.17, 15) is 9.59 Å². The minimum absolute atomic E-state index is 0.0759. The summed E-state index contributed by atoms with van der Waals surface area (Å²) in [6.07, 6.45) is 4.61. The third-order valence-electron chi connectivity index (χ3n) is 3.72. The highest BCUT2D eigenvalue weighted by molar-refractivity contribution is 7.97. The minimum Gasteiger partial charge on any atom is -0.467 e. The Bertz CT molecular complexity index is 518. The molecule has 1 aliphatic rings. The highest BCUT2D eigenvalue weighted by atomic mass is 32.2. The quantitative estimate of drug-likeness (QED) is 0.803. The zero-order valence-corrected chi connectivity index (χ0v) is 13.3. The summed E-state index contributed by atoms with van der Waals surface area (Å²) in [6.45, 7) is 0.616. The van der Waals surface area contributed by atoms with Crippen LogP contribution in [0.2, 0.25) is 0 Å². The van der Waals surface area contributed by atoms with Gasteiger partial charge in [-0.15, -0.1) is 0 Å². The molecule has 1 aromatic rings. The van der Waals surface area contributed by atoms with E-state index < -0.39 is 6.04 Å². The Morgan fingerprint density at radius 2 is 2.19 bits per heavy atom. The van der Waals surface area contributed by atoms with E-state index in [1.165, 1.54) is 7.11 Å². The lowest BCUT2D eigenvalue weighted by Gasteiger charge is -2.33. The van der Waals surface area contributed by atoms with Crippen LogP contribution < -0.4 is 0 Å². The number of carbonyl (C=O) groups is 2. The van der Waals surface area contributed by atoms with Gasteiger partial charge >= 0.3 is 5.97 Å². The zero-order chi connectivity index (χ0) is 15.2. The number of carbonyl (C=O) groups excluding carboxylic acids is 2. The number of piperidine rings is 1. The van der Waals surface area contributed by atoms with Crippen molar-refractivity contribution in [2.45, 2.75) is 31.1 Å². The van der Waals surface area contributed by atoms with Crippen molar-refractivity contribution in [1.29, 1.82) is 0 Å². The first-order valence-electron chi connectivity index (χ1n) is 7.14. The van der Waals surface area contributed by atoms with Crippen LogP contribution in [-0.4, -0.2) is 42.7 Å². The van der Waals surface area contributed by atoms with Crippen LogP contribution in [0.25, 0.3) is 0 Å². The Morgan fingerprint density at radius 3 is 2.90 bits per heavy atom. The largest absolute Gasteiger partial charge is 0.467 e. The van der Waals surface area contributed by atoms with Gasteiger partial charge in [0.15, 0.2) is 0 Å². The van der Waals surface area contributed by atoms with Gasteiger partial charge in [0, 0.05) is 17.9 Å². The molecule has 0 aliphatic carbocycles. The Hall–Kier alpha value is -1.49. The molecule has 21 heavy (non-hydrogen) atoms. The van der Waals surface area contributed by atoms with Gasteiger partial charge in [0.25, 0.3) is 5.91 Å². The summed E-state index contributed by atoms with van der Waals surface area (Å²) in [5, 5.41) is 0. The smallest absolute Gasteiger partial charge is 0.328 e. The van der Waals surface area contributed by atoms with Crippen molar-refractivity contribution >= 4 is 23.6 Å². The third-order valence-corrected chi connectivity index (χ3v) is 4.34. The van der Waals surface area contributed by atoms with Gasteiger partial charge in [0.2, 0.25) is 0 Å². The summed E-state index contributed by atoms with van der Waals surface area (Å²) in [4.78, 5) is 26.2. The van der Waals surface area contributed by atoms with E-state index in [2.05, 4.69) is 0 Å². The first-order chi connectivity index (χ1) is 10.2. The molecular formula is C16H21NO3S. The molecule has 4 nitrogen and oxygen atoms in total. The molecule has 0 saturated carbocycles. The van der Waals surface area contributed by atoms with E-state index in [4.69, 9.17) is 4.74 Å². The van der Waals surface area contributed by atoms with E-state index in [1.54, 1.807) is 16.7 Å². The standard InChI is InChI=1S/C16H21NO3S/c1-20-16(19)14-8-3-4-9-17(14)15(18)13-7-5-6-12(10-13)11-21-2/h5-7,10,14H,3-4,8-9,11H2,1-2H3/t14-/m1/s1. The molecule has 114 valence electrons. The van der Waals surface area contributed by atoms with Gasteiger partial charge in [-0.3, -0.25) is 4.79 Å². The van der Waals surface area contributed by atoms with Crippen molar-refractivity contribution in [3.05, 3.63) is 35.4 Å². The number of thioether (sulfide) groups is 1. The normalized spacial score (nSPS) is 18.4. The Morgan fingerprint density at radius 1 is 1.38 bits per heavy atom. The number of ether oxygens (including phenoxy) is 1. The maximum absolute atomic E-state index is 12.7. The van der Waals surface area contributed by atoms with Crippen molar-refractivity contribution in [3.8, 4) is 0 Å². The predicted molar refractivity (Wildman–Crippen MR) is 84.4 cm³/mol. The van der Waals surface area contributed by atoms with Gasteiger partial charge < -0.3 is 9.64 Å². The number of benzene rings is 1. The van der Waals surface area contributed by atoms with Gasteiger partial charge in [-0.2, -0.15) is 11.8 Å². The number of likely N-dealkylation sites (tertiary alicyclic amines) is 1. The second-order valence-electron chi connectivity index (χ2n) is 5.17. The number of hydrogen-bond acceptors (Lipinski definition) is 4. The molecule has 1 aromatic carbocycles. The second kappa shape index (κ2) is 7.50. The number of esters is 1. The van der Waals surface area contributed by atoms with E-state index in [0.717, 1.165) is 24.2 Å². The van der Waals surface area contributed by atoms with Crippen LogP contribution in [0.5, 0.6) is 0 Å². The van der Waals surface area contributed by atoms with Gasteiger partial charge in [0.05, 0.1) is 7.11 Å². The molecule has 1 aliphatic heterocycles. The maximum Gasteiger partial charge on any atom is 0.328 e. The molecule has 1 atom stereocenters. The van der Waals surface area contributed by atoms with E-state index >= 15 is 0 Å². The van der Waals surface area contributed by atoms with E-state index in [1.807, 2.05) is 30.5 Å². The van der Waals surface area contributed by atoms with Crippen molar-refractivity contribution in [1.82, 2.24) is 4.90 Å². The van der Waals surface area contributed by atoms with E-state index in [0.29, 0.717) is 18.5 Å². The van der Waals surface area contributed by atoms with Crippen LogP contribution in [-0.2, 0) is 15.3 Å². The molecule has 5 heteroatoms. The maximum atomic E-state index is 12.7. The number of nitrogens with zero attached hydrogens (tertiary/aromatic N) is 1. The molecule has 2 rings (SSSR count). The molecule has 0 aromatic heterocycles. The highest BCUT2D eigenvalue weighted by Crippen LogP contribution is 2.21. The molecular weight excluding hydrogens is 286 g/mol. The molecule has 1 saturated heterocycles. The van der Waals surface area contributed by atoms with Crippen LogP contribution in [0.1, 0.15) is 35.2 Å². The number of amides is 1. The van der Waals surface area contributed by atoms with Crippen LogP contribution in [0.3, 0.4) is 0 Å². The average molecular weight is 307 g/mol. The first kappa shape index (κ1) is 15.9.